The van der Waals surface area contributed by atoms with Crippen LogP contribution >= 0.6 is 11.3 Å². The molecule has 132 valence electrons. The summed E-state index contributed by atoms with van der Waals surface area (Å²) in [6.45, 7) is 5.89. The van der Waals surface area contributed by atoms with Gasteiger partial charge in [0.2, 0.25) is 0 Å². The van der Waals surface area contributed by atoms with Crippen LogP contribution in [0.3, 0.4) is 0 Å². The van der Waals surface area contributed by atoms with E-state index in [0.717, 1.165) is 17.7 Å². The van der Waals surface area contributed by atoms with Crippen LogP contribution in [0.5, 0.6) is 0 Å². The van der Waals surface area contributed by atoms with Crippen LogP contribution in [0.25, 0.3) is 16.8 Å². The quantitative estimate of drug-likeness (QED) is 0.766. The molecule has 2 N–H and O–H groups in total. The highest BCUT2D eigenvalue weighted by Gasteiger charge is 2.29. The molecule has 0 spiro atoms. The molecule has 2 aromatic rings. The molecule has 1 aliphatic rings. The summed E-state index contributed by atoms with van der Waals surface area (Å²) in [4.78, 5) is 6.54. The van der Waals surface area contributed by atoms with Crippen molar-refractivity contribution in [3.8, 4) is 11.3 Å². The van der Waals surface area contributed by atoms with E-state index in [-0.39, 0.29) is 5.76 Å². The Kier molecular flexibility index (Phi) is 5.20. The SMILES string of the molecule is COCCCN1CC(O)=C(c2nc(-c3ccc(C)c(C)c3)cs2)C1=N. The number of benzene rings is 1. The van der Waals surface area contributed by atoms with E-state index in [9.17, 15) is 5.11 Å². The van der Waals surface area contributed by atoms with E-state index >= 15 is 0 Å². The summed E-state index contributed by atoms with van der Waals surface area (Å²) in [5, 5.41) is 21.4. The second kappa shape index (κ2) is 7.37. The van der Waals surface area contributed by atoms with Gasteiger partial charge in [0.25, 0.3) is 0 Å². The summed E-state index contributed by atoms with van der Waals surface area (Å²) in [7, 11) is 1.67. The van der Waals surface area contributed by atoms with Crippen LogP contribution in [-0.4, -0.2) is 47.6 Å². The fourth-order valence-electron chi connectivity index (χ4n) is 2.87. The standard InChI is InChI=1S/C19H23N3O2S/c1-12-5-6-14(9-13(12)2)15-11-25-19(21-15)17-16(23)10-22(18(17)20)7-4-8-24-3/h5-6,9,11,20,23H,4,7-8,10H2,1-3H3. The third-order valence-corrected chi connectivity index (χ3v) is 5.34. The highest BCUT2D eigenvalue weighted by atomic mass is 32.1. The van der Waals surface area contributed by atoms with Gasteiger partial charge in [-0.05, 0) is 37.5 Å². The van der Waals surface area contributed by atoms with Crippen molar-refractivity contribution in [2.75, 3.05) is 26.8 Å². The topological polar surface area (TPSA) is 69.4 Å². The van der Waals surface area contributed by atoms with Crippen molar-refractivity contribution in [3.05, 3.63) is 45.5 Å². The maximum absolute atomic E-state index is 10.3. The van der Waals surface area contributed by atoms with Crippen molar-refractivity contribution < 1.29 is 9.84 Å². The molecule has 25 heavy (non-hydrogen) atoms. The monoisotopic (exact) mass is 357 g/mol. The third-order valence-electron chi connectivity index (χ3n) is 4.48. The number of aryl methyl sites for hydroxylation is 2. The Morgan fingerprint density at radius 1 is 1.32 bits per heavy atom. The summed E-state index contributed by atoms with van der Waals surface area (Å²) in [5.74, 6) is 0.568. The van der Waals surface area contributed by atoms with Crippen molar-refractivity contribution in [1.82, 2.24) is 9.88 Å². The maximum atomic E-state index is 10.3. The van der Waals surface area contributed by atoms with Gasteiger partial charge < -0.3 is 14.7 Å². The molecule has 3 rings (SSSR count). The van der Waals surface area contributed by atoms with Gasteiger partial charge in [-0.3, -0.25) is 5.41 Å². The number of nitrogens with one attached hydrogen (secondary N) is 1. The molecule has 0 amide bonds. The molecule has 0 saturated heterocycles. The average Bonchev–Trinajstić information content (AvgIpc) is 3.15. The zero-order valence-corrected chi connectivity index (χ0v) is 15.6. The van der Waals surface area contributed by atoms with Crippen LogP contribution in [0, 0.1) is 19.3 Å². The minimum Gasteiger partial charge on any atom is -0.510 e. The van der Waals surface area contributed by atoms with Gasteiger partial charge in [0, 0.05) is 31.2 Å². The zero-order valence-electron chi connectivity index (χ0n) is 14.8. The zero-order chi connectivity index (χ0) is 18.0. The van der Waals surface area contributed by atoms with E-state index in [4.69, 9.17) is 10.1 Å². The van der Waals surface area contributed by atoms with Gasteiger partial charge in [-0.2, -0.15) is 0 Å². The minimum atomic E-state index is 0.225. The number of hydrogen-bond donors (Lipinski definition) is 2. The van der Waals surface area contributed by atoms with Gasteiger partial charge in [0.1, 0.15) is 16.6 Å². The molecule has 0 fully saturated rings. The Morgan fingerprint density at radius 3 is 2.84 bits per heavy atom. The molecular weight excluding hydrogens is 334 g/mol. The number of nitrogens with zero attached hydrogens (tertiary/aromatic N) is 2. The molecular formula is C19H23N3O2S. The number of amidine groups is 1. The lowest BCUT2D eigenvalue weighted by atomic mass is 10.1. The molecule has 1 aromatic heterocycles. The van der Waals surface area contributed by atoms with E-state index in [2.05, 4.69) is 37.0 Å². The Balaban J connectivity index is 1.81. The first kappa shape index (κ1) is 17.6. The molecule has 0 aliphatic carbocycles. The summed E-state index contributed by atoms with van der Waals surface area (Å²) in [5.41, 5.74) is 4.98. The van der Waals surface area contributed by atoms with Gasteiger partial charge in [0.05, 0.1) is 17.8 Å². The molecule has 5 nitrogen and oxygen atoms in total. The predicted octanol–water partition coefficient (Wildman–Crippen LogP) is 4.03. The number of thiazole rings is 1. The second-order valence-electron chi connectivity index (χ2n) is 6.28. The van der Waals surface area contributed by atoms with Crippen molar-refractivity contribution in [2.24, 2.45) is 0 Å². The first-order valence-electron chi connectivity index (χ1n) is 8.29. The van der Waals surface area contributed by atoms with Crippen LogP contribution in [0.15, 0.2) is 29.3 Å². The molecule has 0 saturated carbocycles. The number of ether oxygens (including phenoxy) is 1. The van der Waals surface area contributed by atoms with Crippen LogP contribution in [0.1, 0.15) is 22.6 Å². The number of methoxy groups -OCH3 is 1. The molecule has 0 atom stereocenters. The first-order valence-corrected chi connectivity index (χ1v) is 9.17. The minimum absolute atomic E-state index is 0.225. The van der Waals surface area contributed by atoms with Crippen molar-refractivity contribution >= 4 is 22.7 Å². The molecule has 1 aromatic carbocycles. The molecule has 2 heterocycles. The first-order chi connectivity index (χ1) is 12.0. The number of aliphatic hydroxyl groups is 1. The molecule has 0 radical (unpaired) electrons. The van der Waals surface area contributed by atoms with Crippen molar-refractivity contribution in [2.45, 2.75) is 20.3 Å². The average molecular weight is 357 g/mol. The van der Waals surface area contributed by atoms with Crippen molar-refractivity contribution in [1.29, 1.82) is 5.41 Å². The summed E-state index contributed by atoms with van der Waals surface area (Å²) in [6.07, 6.45) is 0.825. The molecule has 1 aliphatic heterocycles. The van der Waals surface area contributed by atoms with Crippen molar-refractivity contribution in [3.63, 3.8) is 0 Å². The van der Waals surface area contributed by atoms with Crippen LogP contribution in [0.2, 0.25) is 0 Å². The van der Waals surface area contributed by atoms with Gasteiger partial charge in [-0.15, -0.1) is 11.3 Å². The highest BCUT2D eigenvalue weighted by Crippen LogP contribution is 2.32. The van der Waals surface area contributed by atoms with Gasteiger partial charge in [-0.1, -0.05) is 12.1 Å². The lowest BCUT2D eigenvalue weighted by Crippen LogP contribution is -2.28. The number of aliphatic hydroxyl groups excluding tert-OH is 1. The lowest BCUT2D eigenvalue weighted by molar-refractivity contribution is 0.186. The number of rotatable bonds is 6. The molecule has 6 heteroatoms. The normalized spacial score (nSPS) is 14.7. The van der Waals surface area contributed by atoms with Crippen LogP contribution in [-0.2, 0) is 4.74 Å². The highest BCUT2D eigenvalue weighted by molar-refractivity contribution is 7.11. The summed E-state index contributed by atoms with van der Waals surface area (Å²) in [6, 6.07) is 6.28. The largest absolute Gasteiger partial charge is 0.510 e. The Bertz CT molecular complexity index is 826. The smallest absolute Gasteiger partial charge is 0.135 e. The second-order valence-corrected chi connectivity index (χ2v) is 7.13. The van der Waals surface area contributed by atoms with Crippen LogP contribution < -0.4 is 0 Å². The maximum Gasteiger partial charge on any atom is 0.135 e. The molecule has 0 unspecified atom stereocenters. The van der Waals surface area contributed by atoms with Gasteiger partial charge >= 0.3 is 0 Å². The summed E-state index contributed by atoms with van der Waals surface area (Å²) >= 11 is 1.47. The predicted molar refractivity (Wildman–Crippen MR) is 102 cm³/mol. The molecule has 0 bridgehead atoms. The summed E-state index contributed by atoms with van der Waals surface area (Å²) < 4.78 is 5.06. The van der Waals surface area contributed by atoms with Gasteiger partial charge in [0.15, 0.2) is 0 Å². The Morgan fingerprint density at radius 2 is 2.12 bits per heavy atom. The van der Waals surface area contributed by atoms with E-state index in [1.165, 1.54) is 22.5 Å². The van der Waals surface area contributed by atoms with Crippen LogP contribution in [0.4, 0.5) is 0 Å². The number of aromatic nitrogens is 1. The number of hydrogen-bond acceptors (Lipinski definition) is 5. The fraction of sp³-hybridized carbons (Fsp3) is 0.368. The van der Waals surface area contributed by atoms with E-state index < -0.39 is 0 Å². The lowest BCUT2D eigenvalue weighted by Gasteiger charge is -2.17. The van der Waals surface area contributed by atoms with E-state index in [1.54, 1.807) is 7.11 Å². The third kappa shape index (κ3) is 3.60. The van der Waals surface area contributed by atoms with E-state index in [0.29, 0.717) is 36.1 Å². The van der Waals surface area contributed by atoms with E-state index in [1.807, 2.05) is 10.3 Å². The Labute approximate surface area is 152 Å². The van der Waals surface area contributed by atoms with Gasteiger partial charge in [-0.25, -0.2) is 4.98 Å². The fourth-order valence-corrected chi connectivity index (χ4v) is 3.77. The Hall–Kier alpha value is -2.18.